The van der Waals surface area contributed by atoms with Gasteiger partial charge in [-0.3, -0.25) is 9.59 Å². The van der Waals surface area contributed by atoms with Gasteiger partial charge in [-0.2, -0.15) is 0 Å². The average Bonchev–Trinajstić information content (AvgIpc) is 2.37. The van der Waals surface area contributed by atoms with Crippen molar-refractivity contribution in [3.05, 3.63) is 33.8 Å². The van der Waals surface area contributed by atoms with Crippen LogP contribution in [0.5, 0.6) is 0 Å². The van der Waals surface area contributed by atoms with Crippen LogP contribution in [0.4, 0.5) is 0 Å². The van der Waals surface area contributed by atoms with Gasteiger partial charge in [0.25, 0.3) is 5.91 Å². The van der Waals surface area contributed by atoms with Gasteiger partial charge in [-0.05, 0) is 37.5 Å². The molecule has 0 bridgehead atoms. The van der Waals surface area contributed by atoms with Crippen LogP contribution >= 0.6 is 15.9 Å². The van der Waals surface area contributed by atoms with Crippen LogP contribution in [0.1, 0.15) is 35.7 Å². The van der Waals surface area contributed by atoms with E-state index < -0.39 is 5.97 Å². The van der Waals surface area contributed by atoms with Crippen LogP contribution in [0.3, 0.4) is 0 Å². The Balaban J connectivity index is 2.39. The Kier molecular flexibility index (Phi) is 6.02. The number of nitrogens with one attached hydrogen (secondary N) is 1. The lowest BCUT2D eigenvalue weighted by Gasteiger charge is -2.08. The summed E-state index contributed by atoms with van der Waals surface area (Å²) >= 11 is 3.39. The van der Waals surface area contributed by atoms with Crippen molar-refractivity contribution in [2.75, 3.05) is 6.54 Å². The minimum atomic E-state index is -0.797. The second-order valence-corrected chi connectivity index (χ2v) is 5.46. The normalized spacial score (nSPS) is 11.9. The SMILES string of the molecule is Cc1ccc(C(=O)NCCCC(C)C(=O)O)cc1Br. The highest BCUT2D eigenvalue weighted by Crippen LogP contribution is 2.17. The number of halogens is 1. The first-order valence-electron chi connectivity index (χ1n) is 6.19. The summed E-state index contributed by atoms with van der Waals surface area (Å²) in [7, 11) is 0. The van der Waals surface area contributed by atoms with Crippen molar-refractivity contribution in [2.45, 2.75) is 26.7 Å². The number of carboxylic acid groups (broad SMARTS) is 1. The van der Waals surface area contributed by atoms with Crippen molar-refractivity contribution in [3.8, 4) is 0 Å². The molecule has 1 aromatic rings. The number of rotatable bonds is 6. The fourth-order valence-electron chi connectivity index (χ4n) is 1.57. The maximum Gasteiger partial charge on any atom is 0.306 e. The molecule has 0 spiro atoms. The Morgan fingerprint density at radius 2 is 2.11 bits per heavy atom. The topological polar surface area (TPSA) is 66.4 Å². The lowest BCUT2D eigenvalue weighted by Crippen LogP contribution is -2.25. The first-order valence-corrected chi connectivity index (χ1v) is 6.98. The van der Waals surface area contributed by atoms with E-state index in [0.717, 1.165) is 10.0 Å². The van der Waals surface area contributed by atoms with E-state index in [1.807, 2.05) is 13.0 Å². The van der Waals surface area contributed by atoms with E-state index in [-0.39, 0.29) is 11.8 Å². The molecule has 1 rings (SSSR count). The number of carbonyl (C=O) groups excluding carboxylic acids is 1. The van der Waals surface area contributed by atoms with Crippen molar-refractivity contribution in [3.63, 3.8) is 0 Å². The van der Waals surface area contributed by atoms with Crippen LogP contribution in [0.2, 0.25) is 0 Å². The molecule has 0 saturated carbocycles. The number of benzene rings is 1. The minimum absolute atomic E-state index is 0.135. The van der Waals surface area contributed by atoms with Gasteiger partial charge >= 0.3 is 5.97 Å². The molecule has 0 heterocycles. The predicted octanol–water partition coefficient (Wildman–Crippen LogP) is 2.99. The van der Waals surface area contributed by atoms with Crippen molar-refractivity contribution < 1.29 is 14.7 Å². The van der Waals surface area contributed by atoms with Gasteiger partial charge in [0.1, 0.15) is 0 Å². The van der Waals surface area contributed by atoms with E-state index in [1.54, 1.807) is 19.1 Å². The van der Waals surface area contributed by atoms with Gasteiger partial charge in [-0.25, -0.2) is 0 Å². The van der Waals surface area contributed by atoms with Crippen LogP contribution in [0.25, 0.3) is 0 Å². The summed E-state index contributed by atoms with van der Waals surface area (Å²) in [6, 6.07) is 5.44. The predicted molar refractivity (Wildman–Crippen MR) is 77.2 cm³/mol. The molecule has 104 valence electrons. The molecule has 2 N–H and O–H groups in total. The molecule has 0 saturated heterocycles. The molecule has 1 unspecified atom stereocenters. The zero-order valence-corrected chi connectivity index (χ0v) is 12.7. The smallest absolute Gasteiger partial charge is 0.306 e. The molecule has 1 aromatic carbocycles. The highest BCUT2D eigenvalue weighted by atomic mass is 79.9. The van der Waals surface area contributed by atoms with Crippen molar-refractivity contribution in [1.29, 1.82) is 0 Å². The lowest BCUT2D eigenvalue weighted by atomic mass is 10.1. The number of carboxylic acids is 1. The van der Waals surface area contributed by atoms with E-state index in [0.29, 0.717) is 24.9 Å². The Labute approximate surface area is 121 Å². The molecular weight excluding hydrogens is 310 g/mol. The molecule has 5 heteroatoms. The molecule has 0 aliphatic rings. The second kappa shape index (κ2) is 7.28. The number of aliphatic carboxylic acids is 1. The summed E-state index contributed by atoms with van der Waals surface area (Å²) in [4.78, 5) is 22.5. The molecule has 0 aromatic heterocycles. The Hall–Kier alpha value is -1.36. The molecule has 4 nitrogen and oxygen atoms in total. The fraction of sp³-hybridized carbons (Fsp3) is 0.429. The summed E-state index contributed by atoms with van der Waals surface area (Å²) in [6.45, 7) is 4.11. The van der Waals surface area contributed by atoms with Crippen LogP contribution in [0, 0.1) is 12.8 Å². The van der Waals surface area contributed by atoms with Gasteiger partial charge < -0.3 is 10.4 Å². The minimum Gasteiger partial charge on any atom is -0.481 e. The van der Waals surface area contributed by atoms with Gasteiger partial charge in [-0.1, -0.05) is 28.9 Å². The maximum atomic E-state index is 11.8. The highest BCUT2D eigenvalue weighted by molar-refractivity contribution is 9.10. The van der Waals surface area contributed by atoms with E-state index in [2.05, 4.69) is 21.2 Å². The average molecular weight is 328 g/mol. The number of aryl methyl sites for hydroxylation is 1. The van der Waals surface area contributed by atoms with E-state index in [9.17, 15) is 9.59 Å². The van der Waals surface area contributed by atoms with Gasteiger partial charge in [0.15, 0.2) is 0 Å². The zero-order valence-electron chi connectivity index (χ0n) is 11.1. The molecular formula is C14H18BrNO3. The zero-order chi connectivity index (χ0) is 14.4. The Morgan fingerprint density at radius 3 is 2.68 bits per heavy atom. The number of hydrogen-bond donors (Lipinski definition) is 2. The molecule has 19 heavy (non-hydrogen) atoms. The maximum absolute atomic E-state index is 11.8. The highest BCUT2D eigenvalue weighted by Gasteiger charge is 2.11. The summed E-state index contributed by atoms with van der Waals surface area (Å²) < 4.78 is 0.902. The molecule has 1 atom stereocenters. The Morgan fingerprint density at radius 1 is 1.42 bits per heavy atom. The van der Waals surface area contributed by atoms with Gasteiger partial charge in [0.2, 0.25) is 0 Å². The first kappa shape index (κ1) is 15.7. The third-order valence-electron chi connectivity index (χ3n) is 2.96. The van der Waals surface area contributed by atoms with E-state index in [4.69, 9.17) is 5.11 Å². The van der Waals surface area contributed by atoms with Crippen molar-refractivity contribution in [1.82, 2.24) is 5.32 Å². The fourth-order valence-corrected chi connectivity index (χ4v) is 1.95. The monoisotopic (exact) mass is 327 g/mol. The van der Waals surface area contributed by atoms with Gasteiger partial charge in [0, 0.05) is 16.6 Å². The van der Waals surface area contributed by atoms with Gasteiger partial charge in [-0.15, -0.1) is 0 Å². The number of carbonyl (C=O) groups is 2. The molecule has 0 aliphatic heterocycles. The third-order valence-corrected chi connectivity index (χ3v) is 3.81. The summed E-state index contributed by atoms with van der Waals surface area (Å²) in [5.74, 6) is -1.30. The van der Waals surface area contributed by atoms with Crippen molar-refractivity contribution >= 4 is 27.8 Å². The first-order chi connectivity index (χ1) is 8.91. The quantitative estimate of drug-likeness (QED) is 0.789. The van der Waals surface area contributed by atoms with E-state index in [1.165, 1.54) is 0 Å². The number of hydrogen-bond acceptors (Lipinski definition) is 2. The summed E-state index contributed by atoms with van der Waals surface area (Å²) in [5.41, 5.74) is 1.68. The second-order valence-electron chi connectivity index (χ2n) is 4.60. The standard InChI is InChI=1S/C14H18BrNO3/c1-9-5-6-11(8-12(9)15)13(17)16-7-3-4-10(2)14(18)19/h5-6,8,10H,3-4,7H2,1-2H3,(H,16,17)(H,18,19). The van der Waals surface area contributed by atoms with E-state index >= 15 is 0 Å². The van der Waals surface area contributed by atoms with Crippen molar-refractivity contribution in [2.24, 2.45) is 5.92 Å². The van der Waals surface area contributed by atoms with Crippen LogP contribution in [-0.4, -0.2) is 23.5 Å². The molecule has 1 amide bonds. The third kappa shape index (κ3) is 5.03. The summed E-state index contributed by atoms with van der Waals surface area (Å²) in [6.07, 6.45) is 1.22. The number of amides is 1. The Bertz CT molecular complexity index is 474. The van der Waals surface area contributed by atoms with Crippen LogP contribution in [-0.2, 0) is 4.79 Å². The van der Waals surface area contributed by atoms with Crippen LogP contribution < -0.4 is 5.32 Å². The largest absolute Gasteiger partial charge is 0.481 e. The lowest BCUT2D eigenvalue weighted by molar-refractivity contribution is -0.141. The molecule has 0 radical (unpaired) electrons. The molecule has 0 fully saturated rings. The molecule has 0 aliphatic carbocycles. The summed E-state index contributed by atoms with van der Waals surface area (Å²) in [5, 5.41) is 11.5. The van der Waals surface area contributed by atoms with Crippen LogP contribution in [0.15, 0.2) is 22.7 Å². The van der Waals surface area contributed by atoms with Gasteiger partial charge in [0.05, 0.1) is 5.92 Å².